The number of amides is 2. The predicted octanol–water partition coefficient (Wildman–Crippen LogP) is 3.01. The Kier molecular flexibility index (Phi) is 4.20. The zero-order valence-electron chi connectivity index (χ0n) is 14.3. The number of rotatable bonds is 3. The van der Waals surface area contributed by atoms with Gasteiger partial charge in [0.1, 0.15) is 4.83 Å². The van der Waals surface area contributed by atoms with Crippen molar-refractivity contribution in [3.05, 3.63) is 45.9 Å². The van der Waals surface area contributed by atoms with Crippen molar-refractivity contribution in [1.82, 2.24) is 20.0 Å². The van der Waals surface area contributed by atoms with Crippen LogP contribution in [-0.4, -0.2) is 46.1 Å². The highest BCUT2D eigenvalue weighted by Crippen LogP contribution is 2.32. The molecule has 1 N–H and O–H groups in total. The van der Waals surface area contributed by atoms with Gasteiger partial charge in [-0.25, -0.2) is 4.68 Å². The average molecular weight is 389 g/mol. The molecule has 1 aliphatic rings. The maximum atomic E-state index is 12.6. The number of aryl methyl sites for hydroxylation is 1. The van der Waals surface area contributed by atoms with Crippen LogP contribution in [0.1, 0.15) is 21.8 Å². The van der Waals surface area contributed by atoms with Gasteiger partial charge in [0.15, 0.2) is 0 Å². The second-order valence-corrected chi connectivity index (χ2v) is 7.86. The van der Waals surface area contributed by atoms with Crippen LogP contribution in [0.5, 0.6) is 0 Å². The summed E-state index contributed by atoms with van der Waals surface area (Å²) in [7, 11) is 1.75. The highest BCUT2D eigenvalue weighted by molar-refractivity contribution is 7.20. The smallest absolute Gasteiger partial charge is 0.261 e. The van der Waals surface area contributed by atoms with Gasteiger partial charge in [0, 0.05) is 25.4 Å². The summed E-state index contributed by atoms with van der Waals surface area (Å²) in [6.45, 7) is 2.45. The molecule has 26 heavy (non-hydrogen) atoms. The molecule has 8 heteroatoms. The number of nitrogens with one attached hydrogen (secondary N) is 1. The van der Waals surface area contributed by atoms with Crippen molar-refractivity contribution < 1.29 is 9.59 Å². The number of thiophene rings is 1. The molecule has 1 fully saturated rings. The van der Waals surface area contributed by atoms with Crippen molar-refractivity contribution in [2.24, 2.45) is 0 Å². The molecule has 2 aromatic heterocycles. The molecule has 3 heterocycles. The molecule has 0 unspecified atom stereocenters. The lowest BCUT2D eigenvalue weighted by atomic mass is 10.2. The molecule has 1 aromatic carbocycles. The molecule has 0 bridgehead atoms. The Morgan fingerprint density at radius 3 is 2.85 bits per heavy atom. The van der Waals surface area contributed by atoms with Gasteiger partial charge in [0.05, 0.1) is 27.3 Å². The Morgan fingerprint density at radius 2 is 2.15 bits per heavy atom. The monoisotopic (exact) mass is 388 g/mol. The molecule has 1 saturated heterocycles. The van der Waals surface area contributed by atoms with Gasteiger partial charge in [-0.1, -0.05) is 23.7 Å². The van der Waals surface area contributed by atoms with Gasteiger partial charge in [-0.15, -0.1) is 11.3 Å². The lowest BCUT2D eigenvalue weighted by Gasteiger charge is -2.11. The molecule has 6 nitrogen and oxygen atoms in total. The number of carbonyl (C=O) groups is 2. The van der Waals surface area contributed by atoms with Gasteiger partial charge >= 0.3 is 0 Å². The van der Waals surface area contributed by atoms with Gasteiger partial charge in [-0.2, -0.15) is 5.10 Å². The Bertz CT molecular complexity index is 1030. The van der Waals surface area contributed by atoms with E-state index in [2.05, 4.69) is 10.4 Å². The van der Waals surface area contributed by atoms with E-state index in [1.165, 1.54) is 11.3 Å². The first-order valence-electron chi connectivity index (χ1n) is 8.23. The fraction of sp³-hybridized carbons (Fsp3) is 0.278. The number of likely N-dealkylation sites (tertiary alicyclic amines) is 1. The third-order valence-corrected chi connectivity index (χ3v) is 5.95. The number of carbonyl (C=O) groups excluding carboxylic acids is 2. The minimum absolute atomic E-state index is 0.0526. The van der Waals surface area contributed by atoms with Crippen LogP contribution in [0, 0.1) is 6.92 Å². The highest BCUT2D eigenvalue weighted by atomic mass is 35.5. The largest absolute Gasteiger partial charge is 0.346 e. The standard InChI is InChI=1S/C18H17ClN4O2S/c1-10-12-8-15(17(25)20-11-7-16(24)22(2)9-11)26-18(12)23(21-10)14-6-4-3-5-13(14)19/h3-6,8,11H,7,9H2,1-2H3,(H,20,25)/t11-/m1/s1. The van der Waals surface area contributed by atoms with E-state index in [0.717, 1.165) is 21.6 Å². The molecule has 0 aliphatic carbocycles. The van der Waals surface area contributed by atoms with E-state index in [-0.39, 0.29) is 17.9 Å². The van der Waals surface area contributed by atoms with Gasteiger partial charge in [0.25, 0.3) is 5.91 Å². The van der Waals surface area contributed by atoms with E-state index in [1.807, 2.05) is 37.3 Å². The Labute approximate surface area is 159 Å². The molecule has 1 aliphatic heterocycles. The van der Waals surface area contributed by atoms with Crippen molar-refractivity contribution in [3.63, 3.8) is 0 Å². The zero-order valence-corrected chi connectivity index (χ0v) is 15.9. The molecule has 134 valence electrons. The number of nitrogens with zero attached hydrogens (tertiary/aromatic N) is 3. The number of hydrogen-bond donors (Lipinski definition) is 1. The lowest BCUT2D eigenvalue weighted by Crippen LogP contribution is -2.36. The number of hydrogen-bond acceptors (Lipinski definition) is 4. The predicted molar refractivity (Wildman–Crippen MR) is 102 cm³/mol. The number of aromatic nitrogens is 2. The van der Waals surface area contributed by atoms with Crippen molar-refractivity contribution in [2.45, 2.75) is 19.4 Å². The van der Waals surface area contributed by atoms with Crippen LogP contribution in [0.3, 0.4) is 0 Å². The van der Waals surface area contributed by atoms with E-state index in [0.29, 0.717) is 22.9 Å². The number of benzene rings is 1. The quantitative estimate of drug-likeness (QED) is 0.750. The number of halogens is 1. The number of fused-ring (bicyclic) bond motifs is 1. The molecule has 4 rings (SSSR count). The minimum Gasteiger partial charge on any atom is -0.346 e. The summed E-state index contributed by atoms with van der Waals surface area (Å²) in [4.78, 5) is 27.4. The van der Waals surface area contributed by atoms with Crippen molar-refractivity contribution >= 4 is 45.0 Å². The van der Waals surface area contributed by atoms with Crippen molar-refractivity contribution in [2.75, 3.05) is 13.6 Å². The first-order valence-corrected chi connectivity index (χ1v) is 9.42. The molecular weight excluding hydrogens is 372 g/mol. The summed E-state index contributed by atoms with van der Waals surface area (Å²) >= 11 is 7.68. The fourth-order valence-electron chi connectivity index (χ4n) is 3.16. The maximum Gasteiger partial charge on any atom is 0.261 e. The Balaban J connectivity index is 1.66. The van der Waals surface area contributed by atoms with Crippen LogP contribution in [-0.2, 0) is 4.79 Å². The van der Waals surface area contributed by atoms with Gasteiger partial charge < -0.3 is 10.2 Å². The third kappa shape index (κ3) is 2.87. The van der Waals surface area contributed by atoms with E-state index in [9.17, 15) is 9.59 Å². The minimum atomic E-state index is -0.163. The summed E-state index contributed by atoms with van der Waals surface area (Å²) in [6.07, 6.45) is 0.347. The van der Waals surface area contributed by atoms with Crippen LogP contribution in [0.25, 0.3) is 15.9 Å². The topological polar surface area (TPSA) is 67.2 Å². The van der Waals surface area contributed by atoms with Crippen LogP contribution in [0.2, 0.25) is 5.02 Å². The van der Waals surface area contributed by atoms with Crippen LogP contribution >= 0.6 is 22.9 Å². The summed E-state index contributed by atoms with van der Waals surface area (Å²) in [5.74, 6) is -0.110. The maximum absolute atomic E-state index is 12.6. The van der Waals surface area contributed by atoms with Crippen molar-refractivity contribution in [3.8, 4) is 5.69 Å². The molecule has 2 amide bonds. The van der Waals surface area contributed by atoms with Crippen LogP contribution in [0.4, 0.5) is 0 Å². The summed E-state index contributed by atoms with van der Waals surface area (Å²) in [5, 5.41) is 9.05. The summed E-state index contributed by atoms with van der Waals surface area (Å²) in [6, 6.07) is 9.19. The van der Waals surface area contributed by atoms with Crippen molar-refractivity contribution in [1.29, 1.82) is 0 Å². The number of para-hydroxylation sites is 1. The summed E-state index contributed by atoms with van der Waals surface area (Å²) < 4.78 is 1.78. The summed E-state index contributed by atoms with van der Waals surface area (Å²) in [5.41, 5.74) is 1.62. The van der Waals surface area contributed by atoms with E-state index in [4.69, 9.17) is 11.6 Å². The third-order valence-electron chi connectivity index (χ3n) is 4.53. The van der Waals surface area contributed by atoms with Crippen LogP contribution in [0.15, 0.2) is 30.3 Å². The molecule has 1 atom stereocenters. The van der Waals surface area contributed by atoms with E-state index in [1.54, 1.807) is 16.6 Å². The lowest BCUT2D eigenvalue weighted by molar-refractivity contribution is -0.126. The Hall–Kier alpha value is -2.38. The normalized spacial score (nSPS) is 17.3. The van der Waals surface area contributed by atoms with E-state index < -0.39 is 0 Å². The molecular formula is C18H17ClN4O2S. The molecule has 0 radical (unpaired) electrons. The van der Waals surface area contributed by atoms with Gasteiger partial charge in [-0.3, -0.25) is 9.59 Å². The first kappa shape index (κ1) is 17.1. The highest BCUT2D eigenvalue weighted by Gasteiger charge is 2.29. The molecule has 0 spiro atoms. The van der Waals surface area contributed by atoms with E-state index >= 15 is 0 Å². The van der Waals surface area contributed by atoms with Gasteiger partial charge in [-0.05, 0) is 25.1 Å². The van der Waals surface area contributed by atoms with Crippen LogP contribution < -0.4 is 5.32 Å². The average Bonchev–Trinajstić information content (AvgIpc) is 3.25. The Morgan fingerprint density at radius 1 is 1.38 bits per heavy atom. The SMILES string of the molecule is Cc1nn(-c2ccccc2Cl)c2sc(C(=O)N[C@@H]3CC(=O)N(C)C3)cc12. The fourth-order valence-corrected chi connectivity index (χ4v) is 4.46. The second-order valence-electron chi connectivity index (χ2n) is 6.43. The second kappa shape index (κ2) is 6.41. The molecule has 3 aromatic rings. The van der Waals surface area contributed by atoms with Gasteiger partial charge in [0.2, 0.25) is 5.91 Å². The zero-order chi connectivity index (χ0) is 18.4. The number of likely N-dealkylation sites (N-methyl/N-ethyl adjacent to an activating group) is 1. The first-order chi connectivity index (χ1) is 12.4. The molecule has 0 saturated carbocycles.